The summed E-state index contributed by atoms with van der Waals surface area (Å²) in [7, 11) is 0. The van der Waals surface area contributed by atoms with Gasteiger partial charge >= 0.3 is 0 Å². The molecule has 2 rings (SSSR count). The fourth-order valence-corrected chi connectivity index (χ4v) is 3.86. The zero-order valence-corrected chi connectivity index (χ0v) is 15.2. The second-order valence-electron chi connectivity index (χ2n) is 7.35. The molecule has 23 heavy (non-hydrogen) atoms. The summed E-state index contributed by atoms with van der Waals surface area (Å²) in [5, 5.41) is 21.5. The summed E-state index contributed by atoms with van der Waals surface area (Å²) >= 11 is 0. The fourth-order valence-electron chi connectivity index (χ4n) is 3.86. The van der Waals surface area contributed by atoms with E-state index in [0.717, 1.165) is 48.8 Å². The van der Waals surface area contributed by atoms with E-state index in [1.165, 1.54) is 18.4 Å². The third kappa shape index (κ3) is 4.10. The first kappa shape index (κ1) is 17.9. The van der Waals surface area contributed by atoms with Crippen molar-refractivity contribution in [3.63, 3.8) is 0 Å². The van der Waals surface area contributed by atoms with Gasteiger partial charge in [0.05, 0.1) is 0 Å². The minimum Gasteiger partial charge on any atom is -0.507 e. The maximum absolute atomic E-state index is 10.9. The van der Waals surface area contributed by atoms with Crippen LogP contribution < -0.4 is 0 Å². The Labute approximate surface area is 141 Å². The van der Waals surface area contributed by atoms with Crippen molar-refractivity contribution in [1.82, 2.24) is 0 Å². The SMILES string of the molecule is CCCCCc1cc(O)c(C2C=C(C)CCC2)c(O)c1C(C)C. The Morgan fingerprint density at radius 2 is 1.96 bits per heavy atom. The van der Waals surface area contributed by atoms with E-state index in [-0.39, 0.29) is 17.6 Å². The molecule has 128 valence electrons. The van der Waals surface area contributed by atoms with E-state index < -0.39 is 0 Å². The van der Waals surface area contributed by atoms with Gasteiger partial charge in [0.1, 0.15) is 11.5 Å². The second kappa shape index (κ2) is 7.90. The van der Waals surface area contributed by atoms with Crippen LogP contribution in [-0.2, 0) is 6.42 Å². The number of hydrogen-bond donors (Lipinski definition) is 2. The molecule has 1 unspecified atom stereocenters. The molecule has 1 aromatic carbocycles. The van der Waals surface area contributed by atoms with E-state index in [9.17, 15) is 10.2 Å². The summed E-state index contributed by atoms with van der Waals surface area (Å²) in [6, 6.07) is 1.91. The molecule has 0 heterocycles. The van der Waals surface area contributed by atoms with Crippen molar-refractivity contribution in [2.45, 2.75) is 84.5 Å². The number of aromatic hydroxyl groups is 2. The largest absolute Gasteiger partial charge is 0.507 e. The number of unbranched alkanes of at least 4 members (excludes halogenated alkanes) is 2. The average molecular weight is 316 g/mol. The molecule has 0 saturated heterocycles. The highest BCUT2D eigenvalue weighted by Gasteiger charge is 2.25. The van der Waals surface area contributed by atoms with Crippen molar-refractivity contribution in [2.75, 3.05) is 0 Å². The Balaban J connectivity index is 2.44. The van der Waals surface area contributed by atoms with Gasteiger partial charge in [0.25, 0.3) is 0 Å². The van der Waals surface area contributed by atoms with Crippen molar-refractivity contribution in [2.24, 2.45) is 0 Å². The first-order chi connectivity index (χ1) is 11.0. The third-order valence-corrected chi connectivity index (χ3v) is 5.01. The minimum atomic E-state index is 0.144. The summed E-state index contributed by atoms with van der Waals surface area (Å²) in [5.41, 5.74) is 4.25. The average Bonchev–Trinajstić information content (AvgIpc) is 2.46. The van der Waals surface area contributed by atoms with Crippen molar-refractivity contribution in [3.8, 4) is 11.5 Å². The number of hydrogen-bond acceptors (Lipinski definition) is 2. The molecular weight excluding hydrogens is 284 g/mol. The lowest BCUT2D eigenvalue weighted by atomic mass is 9.81. The van der Waals surface area contributed by atoms with Crippen LogP contribution in [0.2, 0.25) is 0 Å². The highest BCUT2D eigenvalue weighted by Crippen LogP contribution is 2.45. The Kier molecular flexibility index (Phi) is 6.15. The number of phenolic OH excluding ortho intramolecular Hbond substituents is 2. The van der Waals surface area contributed by atoms with Crippen LogP contribution in [0.4, 0.5) is 0 Å². The van der Waals surface area contributed by atoms with Gasteiger partial charge < -0.3 is 10.2 Å². The molecule has 2 nitrogen and oxygen atoms in total. The Morgan fingerprint density at radius 3 is 2.57 bits per heavy atom. The highest BCUT2D eigenvalue weighted by molar-refractivity contribution is 5.57. The quantitative estimate of drug-likeness (QED) is 0.487. The van der Waals surface area contributed by atoms with Crippen molar-refractivity contribution >= 4 is 0 Å². The van der Waals surface area contributed by atoms with Crippen LogP contribution in [-0.4, -0.2) is 10.2 Å². The van der Waals surface area contributed by atoms with Crippen LogP contribution in [0.1, 0.15) is 94.7 Å². The number of phenols is 2. The van der Waals surface area contributed by atoms with Crippen molar-refractivity contribution in [3.05, 3.63) is 34.4 Å². The lowest BCUT2D eigenvalue weighted by Crippen LogP contribution is -2.07. The molecule has 0 spiro atoms. The molecule has 2 N–H and O–H groups in total. The van der Waals surface area contributed by atoms with Crippen LogP contribution in [0.3, 0.4) is 0 Å². The third-order valence-electron chi connectivity index (χ3n) is 5.01. The van der Waals surface area contributed by atoms with Crippen LogP contribution in [0.25, 0.3) is 0 Å². The number of aryl methyl sites for hydroxylation is 1. The first-order valence-corrected chi connectivity index (χ1v) is 9.20. The Hall–Kier alpha value is -1.44. The highest BCUT2D eigenvalue weighted by atomic mass is 16.3. The molecular formula is C21H32O2. The van der Waals surface area contributed by atoms with Gasteiger partial charge in [-0.25, -0.2) is 0 Å². The van der Waals surface area contributed by atoms with Crippen LogP contribution in [0.5, 0.6) is 11.5 Å². The first-order valence-electron chi connectivity index (χ1n) is 9.20. The van der Waals surface area contributed by atoms with Gasteiger partial charge in [0.2, 0.25) is 0 Å². The van der Waals surface area contributed by atoms with Crippen LogP contribution >= 0.6 is 0 Å². The number of rotatable bonds is 6. The lowest BCUT2D eigenvalue weighted by Gasteiger charge is -2.25. The predicted octanol–water partition coefficient (Wildman–Crippen LogP) is 6.17. The van der Waals surface area contributed by atoms with Gasteiger partial charge in [-0.15, -0.1) is 0 Å². The van der Waals surface area contributed by atoms with E-state index in [1.807, 2.05) is 6.07 Å². The molecule has 1 aliphatic rings. The van der Waals surface area contributed by atoms with Crippen LogP contribution in [0.15, 0.2) is 17.7 Å². The van der Waals surface area contributed by atoms with E-state index in [4.69, 9.17) is 0 Å². The minimum absolute atomic E-state index is 0.144. The van der Waals surface area contributed by atoms with Crippen molar-refractivity contribution < 1.29 is 10.2 Å². The molecule has 0 radical (unpaired) electrons. The molecule has 2 heteroatoms. The lowest BCUT2D eigenvalue weighted by molar-refractivity contribution is 0.420. The molecule has 1 atom stereocenters. The van der Waals surface area contributed by atoms with Gasteiger partial charge in [0, 0.05) is 17.0 Å². The van der Waals surface area contributed by atoms with E-state index in [0.29, 0.717) is 5.75 Å². The summed E-state index contributed by atoms with van der Waals surface area (Å²) in [6.07, 6.45) is 9.89. The normalized spacial score (nSPS) is 18.3. The molecule has 0 fully saturated rings. The topological polar surface area (TPSA) is 40.5 Å². The molecule has 0 amide bonds. The molecule has 0 aromatic heterocycles. The van der Waals surface area contributed by atoms with E-state index >= 15 is 0 Å². The molecule has 0 aliphatic heterocycles. The molecule has 1 aliphatic carbocycles. The van der Waals surface area contributed by atoms with Gasteiger partial charge in [-0.05, 0) is 56.6 Å². The van der Waals surface area contributed by atoms with E-state index in [1.54, 1.807) is 0 Å². The zero-order chi connectivity index (χ0) is 17.0. The molecule has 1 aromatic rings. The summed E-state index contributed by atoms with van der Waals surface area (Å²) < 4.78 is 0. The van der Waals surface area contributed by atoms with Crippen LogP contribution in [0, 0.1) is 0 Å². The molecule has 0 bridgehead atoms. The summed E-state index contributed by atoms with van der Waals surface area (Å²) in [5.74, 6) is 1.02. The maximum atomic E-state index is 10.9. The number of allylic oxidation sites excluding steroid dienone is 2. The number of benzene rings is 1. The van der Waals surface area contributed by atoms with Gasteiger partial charge in [-0.1, -0.05) is 45.3 Å². The Morgan fingerprint density at radius 1 is 1.22 bits per heavy atom. The summed E-state index contributed by atoms with van der Waals surface area (Å²) in [6.45, 7) is 8.59. The molecule has 0 saturated carbocycles. The zero-order valence-electron chi connectivity index (χ0n) is 15.2. The van der Waals surface area contributed by atoms with Gasteiger partial charge in [-0.2, -0.15) is 0 Å². The second-order valence-corrected chi connectivity index (χ2v) is 7.35. The van der Waals surface area contributed by atoms with Gasteiger partial charge in [0.15, 0.2) is 0 Å². The maximum Gasteiger partial charge on any atom is 0.126 e. The van der Waals surface area contributed by atoms with E-state index in [2.05, 4.69) is 33.8 Å². The predicted molar refractivity (Wildman–Crippen MR) is 97.4 cm³/mol. The van der Waals surface area contributed by atoms with Gasteiger partial charge in [-0.3, -0.25) is 0 Å². The Bertz CT molecular complexity index is 570. The van der Waals surface area contributed by atoms with Crippen molar-refractivity contribution in [1.29, 1.82) is 0 Å². The monoisotopic (exact) mass is 316 g/mol. The fraction of sp³-hybridized carbons (Fsp3) is 0.619. The summed E-state index contributed by atoms with van der Waals surface area (Å²) in [4.78, 5) is 0. The smallest absolute Gasteiger partial charge is 0.126 e. The standard InChI is InChI=1S/C21H32O2/c1-5-6-7-10-17-13-18(22)20(21(23)19(17)14(2)3)16-11-8-9-15(4)12-16/h12-14,16,22-23H,5-11H2,1-4H3.